The van der Waals surface area contributed by atoms with Crippen LogP contribution in [0.5, 0.6) is 0 Å². The number of aromatic nitrogens is 2. The van der Waals surface area contributed by atoms with Crippen molar-refractivity contribution in [3.8, 4) is 0 Å². The van der Waals surface area contributed by atoms with E-state index < -0.39 is 0 Å². The van der Waals surface area contributed by atoms with Gasteiger partial charge in [-0.1, -0.05) is 11.6 Å². The fourth-order valence-electron chi connectivity index (χ4n) is 1.02. The van der Waals surface area contributed by atoms with Crippen LogP contribution >= 0.6 is 11.6 Å². The molecule has 3 N–H and O–H groups in total. The number of nitrogens with one attached hydrogen (secondary N) is 1. The van der Waals surface area contributed by atoms with Crippen molar-refractivity contribution in [2.45, 2.75) is 18.4 Å². The SMILES string of the molecule is NC1(c2cn[nH]c2Cl)CC1. The van der Waals surface area contributed by atoms with Gasteiger partial charge in [0.15, 0.2) is 0 Å². The van der Waals surface area contributed by atoms with E-state index in [9.17, 15) is 0 Å². The van der Waals surface area contributed by atoms with Gasteiger partial charge in [0.2, 0.25) is 0 Å². The summed E-state index contributed by atoms with van der Waals surface area (Å²) in [4.78, 5) is 0. The molecule has 0 unspecified atom stereocenters. The minimum Gasteiger partial charge on any atom is -0.321 e. The number of nitrogens with zero attached hydrogens (tertiary/aromatic N) is 1. The Morgan fingerprint density at radius 3 is 2.80 bits per heavy atom. The lowest BCUT2D eigenvalue weighted by Crippen LogP contribution is -2.18. The molecule has 4 heteroatoms. The van der Waals surface area contributed by atoms with Gasteiger partial charge in [0.25, 0.3) is 0 Å². The summed E-state index contributed by atoms with van der Waals surface area (Å²) >= 11 is 5.77. The van der Waals surface area contributed by atoms with Crippen molar-refractivity contribution in [3.63, 3.8) is 0 Å². The van der Waals surface area contributed by atoms with Gasteiger partial charge < -0.3 is 5.73 Å². The Morgan fingerprint density at radius 1 is 1.70 bits per heavy atom. The molecule has 2 rings (SSSR count). The Kier molecular flexibility index (Phi) is 1.08. The van der Waals surface area contributed by atoms with Gasteiger partial charge >= 0.3 is 0 Å². The third kappa shape index (κ3) is 0.744. The number of rotatable bonds is 1. The van der Waals surface area contributed by atoms with Crippen LogP contribution in [0.4, 0.5) is 0 Å². The fourth-order valence-corrected chi connectivity index (χ4v) is 1.31. The summed E-state index contributed by atoms with van der Waals surface area (Å²) in [5.41, 5.74) is 6.66. The molecule has 54 valence electrons. The minimum atomic E-state index is -0.163. The van der Waals surface area contributed by atoms with Crippen molar-refractivity contribution in [2.24, 2.45) is 5.73 Å². The van der Waals surface area contributed by atoms with E-state index >= 15 is 0 Å². The maximum atomic E-state index is 5.87. The van der Waals surface area contributed by atoms with Crippen LogP contribution in [0.25, 0.3) is 0 Å². The third-order valence-electron chi connectivity index (χ3n) is 1.92. The number of H-pyrrole nitrogens is 1. The van der Waals surface area contributed by atoms with Crippen molar-refractivity contribution >= 4 is 11.6 Å². The molecule has 0 aliphatic heterocycles. The Labute approximate surface area is 63.6 Å². The van der Waals surface area contributed by atoms with Gasteiger partial charge in [-0.25, -0.2) is 0 Å². The summed E-state index contributed by atoms with van der Waals surface area (Å²) in [6, 6.07) is 0. The zero-order valence-electron chi connectivity index (χ0n) is 5.39. The van der Waals surface area contributed by atoms with Crippen LogP contribution in [0, 0.1) is 0 Å². The molecule has 1 aromatic heterocycles. The van der Waals surface area contributed by atoms with Crippen molar-refractivity contribution in [1.82, 2.24) is 10.2 Å². The van der Waals surface area contributed by atoms with Gasteiger partial charge in [0, 0.05) is 11.1 Å². The first-order valence-electron chi connectivity index (χ1n) is 3.21. The predicted molar refractivity (Wildman–Crippen MR) is 38.7 cm³/mol. The second kappa shape index (κ2) is 1.74. The van der Waals surface area contributed by atoms with E-state index in [-0.39, 0.29) is 5.54 Å². The topological polar surface area (TPSA) is 54.7 Å². The lowest BCUT2D eigenvalue weighted by Gasteiger charge is -2.03. The monoisotopic (exact) mass is 157 g/mol. The molecule has 1 aliphatic carbocycles. The highest BCUT2D eigenvalue weighted by atomic mass is 35.5. The van der Waals surface area contributed by atoms with Gasteiger partial charge in [-0.15, -0.1) is 0 Å². The molecule has 0 atom stereocenters. The highest BCUT2D eigenvalue weighted by Crippen LogP contribution is 2.44. The molecular weight excluding hydrogens is 150 g/mol. The quantitative estimate of drug-likeness (QED) is 0.640. The smallest absolute Gasteiger partial charge is 0.129 e. The zero-order valence-corrected chi connectivity index (χ0v) is 6.15. The summed E-state index contributed by atoms with van der Waals surface area (Å²) in [6.45, 7) is 0. The molecule has 3 nitrogen and oxygen atoms in total. The second-order valence-corrected chi connectivity index (χ2v) is 3.13. The number of aromatic amines is 1. The molecule has 0 spiro atoms. The Hall–Kier alpha value is -0.540. The molecule has 1 fully saturated rings. The summed E-state index contributed by atoms with van der Waals surface area (Å²) in [6.07, 6.45) is 3.74. The molecule has 1 aromatic rings. The molecule has 0 radical (unpaired) electrons. The molecule has 10 heavy (non-hydrogen) atoms. The van der Waals surface area contributed by atoms with Gasteiger partial charge in [-0.3, -0.25) is 5.10 Å². The average molecular weight is 158 g/mol. The third-order valence-corrected chi connectivity index (χ3v) is 2.21. The van der Waals surface area contributed by atoms with Crippen molar-refractivity contribution in [3.05, 3.63) is 16.9 Å². The van der Waals surface area contributed by atoms with Crippen LogP contribution in [-0.4, -0.2) is 10.2 Å². The van der Waals surface area contributed by atoms with Crippen LogP contribution < -0.4 is 5.73 Å². The van der Waals surface area contributed by atoms with E-state index in [0.29, 0.717) is 5.15 Å². The van der Waals surface area contributed by atoms with Crippen LogP contribution in [-0.2, 0) is 5.54 Å². The summed E-state index contributed by atoms with van der Waals surface area (Å²) in [7, 11) is 0. The van der Waals surface area contributed by atoms with Crippen LogP contribution in [0.1, 0.15) is 18.4 Å². The first-order valence-corrected chi connectivity index (χ1v) is 3.58. The summed E-state index contributed by atoms with van der Waals surface area (Å²) in [5.74, 6) is 0. The number of halogens is 1. The van der Waals surface area contributed by atoms with Gasteiger partial charge in [0.1, 0.15) is 5.15 Å². The molecule has 0 amide bonds. The first-order chi connectivity index (χ1) is 4.72. The van der Waals surface area contributed by atoms with E-state index in [1.165, 1.54) is 0 Å². The van der Waals surface area contributed by atoms with Crippen molar-refractivity contribution < 1.29 is 0 Å². The highest BCUT2D eigenvalue weighted by molar-refractivity contribution is 6.30. The zero-order chi connectivity index (χ0) is 7.19. The second-order valence-electron chi connectivity index (χ2n) is 2.75. The Bertz CT molecular complexity index is 251. The normalized spacial score (nSPS) is 21.0. The van der Waals surface area contributed by atoms with Crippen LogP contribution in [0.15, 0.2) is 6.20 Å². The Morgan fingerprint density at radius 2 is 2.40 bits per heavy atom. The molecule has 1 heterocycles. The lowest BCUT2D eigenvalue weighted by atomic mass is 10.1. The molecule has 0 bridgehead atoms. The van der Waals surface area contributed by atoms with Crippen LogP contribution in [0.2, 0.25) is 5.15 Å². The number of hydrogen-bond donors (Lipinski definition) is 2. The van der Waals surface area contributed by atoms with E-state index in [2.05, 4.69) is 10.2 Å². The van der Waals surface area contributed by atoms with Gasteiger partial charge in [-0.05, 0) is 12.8 Å². The Balaban J connectivity index is 2.42. The molecule has 0 aromatic carbocycles. The van der Waals surface area contributed by atoms with E-state index in [0.717, 1.165) is 18.4 Å². The average Bonchev–Trinajstić information content (AvgIpc) is 2.44. The van der Waals surface area contributed by atoms with E-state index in [1.54, 1.807) is 6.20 Å². The standard InChI is InChI=1S/C6H8ClN3/c7-5-4(3-9-10-5)6(8)1-2-6/h3H,1-2,8H2,(H,9,10). The largest absolute Gasteiger partial charge is 0.321 e. The minimum absolute atomic E-state index is 0.163. The predicted octanol–water partition coefficient (Wildman–Crippen LogP) is 1.01. The maximum absolute atomic E-state index is 5.87. The number of nitrogens with two attached hydrogens (primary N) is 1. The first kappa shape index (κ1) is 6.19. The molecule has 0 saturated heterocycles. The molecule has 1 saturated carbocycles. The molecular formula is C6H8ClN3. The number of hydrogen-bond acceptors (Lipinski definition) is 2. The van der Waals surface area contributed by atoms with Crippen molar-refractivity contribution in [2.75, 3.05) is 0 Å². The summed E-state index contributed by atoms with van der Waals surface area (Å²) < 4.78 is 0. The molecule has 1 aliphatic rings. The van der Waals surface area contributed by atoms with Crippen molar-refractivity contribution in [1.29, 1.82) is 0 Å². The lowest BCUT2D eigenvalue weighted by molar-refractivity contribution is 0.741. The van der Waals surface area contributed by atoms with E-state index in [4.69, 9.17) is 17.3 Å². The maximum Gasteiger partial charge on any atom is 0.129 e. The highest BCUT2D eigenvalue weighted by Gasteiger charge is 2.42. The fraction of sp³-hybridized carbons (Fsp3) is 0.500. The van der Waals surface area contributed by atoms with E-state index in [1.807, 2.05) is 0 Å². The summed E-state index contributed by atoms with van der Waals surface area (Å²) in [5, 5.41) is 7.03. The van der Waals surface area contributed by atoms with Gasteiger partial charge in [-0.2, -0.15) is 5.10 Å². The van der Waals surface area contributed by atoms with Gasteiger partial charge in [0.05, 0.1) is 6.20 Å². The van der Waals surface area contributed by atoms with Crippen LogP contribution in [0.3, 0.4) is 0 Å².